The predicted octanol–water partition coefficient (Wildman–Crippen LogP) is 7.04. The summed E-state index contributed by atoms with van der Waals surface area (Å²) in [6.45, 7) is 6.35. The van der Waals surface area contributed by atoms with Gasteiger partial charge in [0.25, 0.3) is 0 Å². The SMILES string of the molecule is Cc1ccc(C2=c3ccc([nH]3)=C(c3ccc(C)cc3)c3ccc([nH]3)C(c3ccc(C=O)cc3)=c3ccc([nH]3)=C(c3ccc(C)cc3)c3ccc2[nH]3)cc1. The molecule has 8 aromatic rings. The first-order valence-electron chi connectivity index (χ1n) is 18.0. The summed E-state index contributed by atoms with van der Waals surface area (Å²) >= 11 is 0. The Morgan fingerprint density at radius 3 is 0.849 bits per heavy atom. The quantitative estimate of drug-likeness (QED) is 0.144. The van der Waals surface area contributed by atoms with E-state index in [9.17, 15) is 4.79 Å². The first-order valence-corrected chi connectivity index (χ1v) is 18.0. The van der Waals surface area contributed by atoms with Gasteiger partial charge in [-0.25, -0.2) is 0 Å². The number of hydrogen-bond acceptors (Lipinski definition) is 1. The molecule has 0 spiro atoms. The highest BCUT2D eigenvalue weighted by molar-refractivity contribution is 5.85. The smallest absolute Gasteiger partial charge is 0.150 e. The summed E-state index contributed by atoms with van der Waals surface area (Å²) in [5.41, 5.74) is 16.8. The van der Waals surface area contributed by atoms with E-state index < -0.39 is 0 Å². The van der Waals surface area contributed by atoms with Crippen LogP contribution in [-0.2, 0) is 0 Å². The lowest BCUT2D eigenvalue weighted by Gasteiger charge is -2.10. The van der Waals surface area contributed by atoms with E-state index in [1.54, 1.807) is 0 Å². The van der Waals surface area contributed by atoms with Crippen LogP contribution in [0.15, 0.2) is 146 Å². The molecule has 0 fully saturated rings. The molecule has 5 nitrogen and oxygen atoms in total. The van der Waals surface area contributed by atoms with Crippen molar-refractivity contribution in [2.24, 2.45) is 0 Å². The standard InChI is InChI=1S/C48H38N4O/c1-29-4-12-33(13-5-29)45-37-20-22-39(49-37)46(34-14-6-30(2)7-15-34)41-24-26-43(51-41)48(36-18-10-32(28-53)11-19-36)44-27-25-42(52-44)47(40-23-21-38(45)50-40)35-16-8-31(3)9-17-35/h4-28,49-52H,1-3H3. The Balaban J connectivity index is 1.42. The van der Waals surface area contributed by atoms with Gasteiger partial charge in [-0.1, -0.05) is 114 Å². The van der Waals surface area contributed by atoms with Crippen LogP contribution in [0.3, 0.4) is 0 Å². The molecule has 0 unspecified atom stereocenters. The lowest BCUT2D eigenvalue weighted by Crippen LogP contribution is -2.19. The maximum atomic E-state index is 11.6. The van der Waals surface area contributed by atoms with Crippen molar-refractivity contribution in [2.45, 2.75) is 20.8 Å². The summed E-state index contributed by atoms with van der Waals surface area (Å²) in [5.74, 6) is 0. The van der Waals surface area contributed by atoms with E-state index in [2.05, 4.69) is 162 Å². The van der Waals surface area contributed by atoms with Crippen LogP contribution in [0.25, 0.3) is 22.3 Å². The lowest BCUT2D eigenvalue weighted by molar-refractivity contribution is 0.112. The van der Waals surface area contributed by atoms with Crippen LogP contribution in [0.5, 0.6) is 0 Å². The van der Waals surface area contributed by atoms with Crippen molar-refractivity contribution in [3.8, 4) is 0 Å². The number of rotatable bonds is 5. The Labute approximate surface area is 307 Å². The van der Waals surface area contributed by atoms with E-state index in [0.29, 0.717) is 5.56 Å². The van der Waals surface area contributed by atoms with Crippen molar-refractivity contribution in [1.82, 2.24) is 19.9 Å². The fraction of sp³-hybridized carbons (Fsp3) is 0.0625. The van der Waals surface area contributed by atoms with Crippen LogP contribution in [0.4, 0.5) is 0 Å². The fourth-order valence-corrected chi connectivity index (χ4v) is 7.46. The van der Waals surface area contributed by atoms with Gasteiger partial charge in [-0.3, -0.25) is 4.79 Å². The summed E-state index contributed by atoms with van der Waals surface area (Å²) in [6, 6.07) is 51.3. The van der Waals surface area contributed by atoms with Gasteiger partial charge in [-0.15, -0.1) is 0 Å². The molecule has 9 rings (SSSR count). The zero-order chi connectivity index (χ0) is 36.1. The van der Waals surface area contributed by atoms with E-state index >= 15 is 0 Å². The van der Waals surface area contributed by atoms with Crippen molar-refractivity contribution in [3.63, 3.8) is 0 Å². The molecule has 1 aliphatic rings. The normalized spacial score (nSPS) is 12.7. The molecular weight excluding hydrogens is 649 g/mol. The molecule has 5 heteroatoms. The molecule has 4 aromatic carbocycles. The zero-order valence-corrected chi connectivity index (χ0v) is 29.8. The highest BCUT2D eigenvalue weighted by Crippen LogP contribution is 2.28. The molecule has 0 amide bonds. The van der Waals surface area contributed by atoms with Crippen molar-refractivity contribution in [2.75, 3.05) is 0 Å². The molecular formula is C48H38N4O. The molecule has 4 aromatic heterocycles. The van der Waals surface area contributed by atoms with Crippen LogP contribution < -0.4 is 21.4 Å². The number of fused-ring (bicyclic) bond motifs is 8. The third-order valence-corrected chi connectivity index (χ3v) is 10.3. The second-order valence-electron chi connectivity index (χ2n) is 14.0. The van der Waals surface area contributed by atoms with Gasteiger partial charge in [0, 0.05) is 72.0 Å². The number of aromatic amines is 4. The van der Waals surface area contributed by atoms with Crippen molar-refractivity contribution in [3.05, 3.63) is 234 Å². The van der Waals surface area contributed by atoms with E-state index in [1.807, 2.05) is 24.3 Å². The van der Waals surface area contributed by atoms with Gasteiger partial charge in [0.15, 0.2) is 0 Å². The predicted molar refractivity (Wildman–Crippen MR) is 213 cm³/mol. The maximum Gasteiger partial charge on any atom is 0.150 e. The molecule has 0 atom stereocenters. The summed E-state index contributed by atoms with van der Waals surface area (Å²) < 4.78 is 0. The number of aldehydes is 1. The Morgan fingerprint density at radius 1 is 0.321 bits per heavy atom. The van der Waals surface area contributed by atoms with Crippen LogP contribution in [0.1, 0.15) is 72.1 Å². The maximum absolute atomic E-state index is 11.6. The molecule has 256 valence electrons. The Kier molecular flexibility index (Phi) is 7.89. The van der Waals surface area contributed by atoms with E-state index in [1.165, 1.54) is 16.7 Å². The molecule has 53 heavy (non-hydrogen) atoms. The molecule has 4 N–H and O–H groups in total. The highest BCUT2D eigenvalue weighted by Gasteiger charge is 2.18. The van der Waals surface area contributed by atoms with Gasteiger partial charge >= 0.3 is 0 Å². The Hall–Kier alpha value is -6.85. The van der Waals surface area contributed by atoms with Crippen LogP contribution >= 0.6 is 0 Å². The summed E-state index contributed by atoms with van der Waals surface area (Å²) in [7, 11) is 0. The first kappa shape index (κ1) is 32.1. The molecule has 0 saturated heterocycles. The largest absolute Gasteiger partial charge is 0.354 e. The number of hydrogen-bond donors (Lipinski definition) is 4. The molecule has 1 aliphatic heterocycles. The van der Waals surface area contributed by atoms with Crippen LogP contribution in [-0.4, -0.2) is 26.2 Å². The molecule has 0 saturated carbocycles. The van der Waals surface area contributed by atoms with Gasteiger partial charge < -0.3 is 19.9 Å². The minimum Gasteiger partial charge on any atom is -0.354 e. The van der Waals surface area contributed by atoms with Gasteiger partial charge in [0.2, 0.25) is 0 Å². The average Bonchev–Trinajstić information content (AvgIpc) is 4.02. The number of aromatic nitrogens is 4. The third-order valence-electron chi connectivity index (χ3n) is 10.3. The number of aryl methyl sites for hydroxylation is 3. The number of H-pyrrole nitrogens is 4. The Bertz CT molecular complexity index is 2890. The zero-order valence-electron chi connectivity index (χ0n) is 29.8. The van der Waals surface area contributed by atoms with Crippen LogP contribution in [0.2, 0.25) is 0 Å². The molecule has 0 aliphatic carbocycles. The number of carbonyl (C=O) groups is 1. The fourth-order valence-electron chi connectivity index (χ4n) is 7.46. The number of nitrogens with one attached hydrogen (secondary N) is 4. The van der Waals surface area contributed by atoms with Crippen molar-refractivity contribution >= 4 is 28.6 Å². The van der Waals surface area contributed by atoms with Gasteiger partial charge in [0.05, 0.1) is 0 Å². The second kappa shape index (κ2) is 13.0. The van der Waals surface area contributed by atoms with E-state index in [0.717, 1.165) is 95.0 Å². The van der Waals surface area contributed by atoms with Gasteiger partial charge in [0.1, 0.15) is 6.29 Å². The topological polar surface area (TPSA) is 80.2 Å². The summed E-state index contributed by atoms with van der Waals surface area (Å²) in [4.78, 5) is 27.0. The average molecular weight is 687 g/mol. The van der Waals surface area contributed by atoms with Gasteiger partial charge in [-0.05, 0) is 91.6 Å². The molecule has 0 radical (unpaired) electrons. The van der Waals surface area contributed by atoms with Crippen LogP contribution in [0, 0.1) is 20.8 Å². The first-order chi connectivity index (χ1) is 25.9. The molecule has 5 heterocycles. The highest BCUT2D eigenvalue weighted by atomic mass is 16.1. The van der Waals surface area contributed by atoms with Crippen molar-refractivity contribution in [1.29, 1.82) is 0 Å². The van der Waals surface area contributed by atoms with Gasteiger partial charge in [-0.2, -0.15) is 0 Å². The molecule has 8 bridgehead atoms. The summed E-state index contributed by atoms with van der Waals surface area (Å²) in [6.07, 6.45) is 0.884. The third kappa shape index (κ3) is 5.92. The lowest BCUT2D eigenvalue weighted by atomic mass is 10.0. The summed E-state index contributed by atoms with van der Waals surface area (Å²) in [5, 5.41) is 3.97. The monoisotopic (exact) mass is 686 g/mol. The number of benzene rings is 4. The van der Waals surface area contributed by atoms with E-state index in [4.69, 9.17) is 0 Å². The van der Waals surface area contributed by atoms with Crippen molar-refractivity contribution < 1.29 is 4.79 Å². The minimum absolute atomic E-state index is 0.638. The van der Waals surface area contributed by atoms with E-state index in [-0.39, 0.29) is 0 Å². The Morgan fingerprint density at radius 2 is 0.585 bits per heavy atom. The number of carbonyl (C=O) groups excluding carboxylic acids is 1. The minimum atomic E-state index is 0.638. The second-order valence-corrected chi connectivity index (χ2v) is 14.0.